The van der Waals surface area contributed by atoms with Crippen molar-refractivity contribution in [1.29, 1.82) is 0 Å². The molecule has 0 aromatic carbocycles. The minimum Gasteiger partial charge on any atom is -0.390 e. The van der Waals surface area contributed by atoms with Gasteiger partial charge in [-0.25, -0.2) is 8.42 Å². The summed E-state index contributed by atoms with van der Waals surface area (Å²) in [5.74, 6) is 0. The molecule has 2 rings (SSSR count). The summed E-state index contributed by atoms with van der Waals surface area (Å²) in [6.45, 7) is 6.21. The second-order valence-electron chi connectivity index (χ2n) is 5.47. The zero-order valence-electron chi connectivity index (χ0n) is 12.8. The Hall–Kier alpha value is -0.960. The smallest absolute Gasteiger partial charge is 0.246 e. The highest BCUT2D eigenvalue weighted by atomic mass is 32.2. The molecule has 7 nitrogen and oxygen atoms in total. The van der Waals surface area contributed by atoms with Crippen LogP contribution < -0.4 is 0 Å². The SMILES string of the molecule is CCN1CCC(N(C)S(=O)(=O)c2c(CO)n[nH]c2C)CC1. The molecule has 1 saturated heterocycles. The van der Waals surface area contributed by atoms with Crippen LogP contribution in [0.25, 0.3) is 0 Å². The predicted molar refractivity (Wildman–Crippen MR) is 79.3 cm³/mol. The number of rotatable bonds is 5. The molecular weight excluding hydrogens is 292 g/mol. The van der Waals surface area contributed by atoms with E-state index in [0.717, 1.165) is 32.5 Å². The maximum absolute atomic E-state index is 12.8. The van der Waals surface area contributed by atoms with E-state index in [1.54, 1.807) is 14.0 Å². The van der Waals surface area contributed by atoms with Crippen molar-refractivity contribution in [3.05, 3.63) is 11.4 Å². The monoisotopic (exact) mass is 316 g/mol. The maximum atomic E-state index is 12.8. The van der Waals surface area contributed by atoms with E-state index in [0.29, 0.717) is 5.69 Å². The van der Waals surface area contributed by atoms with E-state index in [9.17, 15) is 13.5 Å². The van der Waals surface area contributed by atoms with E-state index in [4.69, 9.17) is 0 Å². The quantitative estimate of drug-likeness (QED) is 0.816. The van der Waals surface area contributed by atoms with Gasteiger partial charge < -0.3 is 10.0 Å². The summed E-state index contributed by atoms with van der Waals surface area (Å²) in [6, 6.07) is -0.00126. The predicted octanol–water partition coefficient (Wildman–Crippen LogP) is 0.315. The molecule has 0 bridgehead atoms. The molecular formula is C13H24N4O3S. The fraction of sp³-hybridized carbons (Fsp3) is 0.769. The molecule has 1 aromatic heterocycles. The Morgan fingerprint density at radius 3 is 2.57 bits per heavy atom. The zero-order valence-corrected chi connectivity index (χ0v) is 13.7. The van der Waals surface area contributed by atoms with Gasteiger partial charge in [-0.15, -0.1) is 0 Å². The van der Waals surface area contributed by atoms with Crippen molar-refractivity contribution in [2.75, 3.05) is 26.7 Å². The topological polar surface area (TPSA) is 89.5 Å². The number of nitrogens with one attached hydrogen (secondary N) is 1. The van der Waals surface area contributed by atoms with Crippen molar-refractivity contribution >= 4 is 10.0 Å². The van der Waals surface area contributed by atoms with E-state index in [2.05, 4.69) is 22.0 Å². The van der Waals surface area contributed by atoms with Gasteiger partial charge >= 0.3 is 0 Å². The number of aliphatic hydroxyl groups excluding tert-OH is 1. The normalized spacial score (nSPS) is 18.5. The largest absolute Gasteiger partial charge is 0.390 e. The molecule has 0 spiro atoms. The first-order valence-corrected chi connectivity index (χ1v) is 8.70. The summed E-state index contributed by atoms with van der Waals surface area (Å²) in [5.41, 5.74) is 0.655. The molecule has 0 amide bonds. The van der Waals surface area contributed by atoms with Crippen molar-refractivity contribution in [2.45, 2.75) is 44.2 Å². The van der Waals surface area contributed by atoms with Crippen LogP contribution in [0, 0.1) is 6.92 Å². The van der Waals surface area contributed by atoms with Gasteiger partial charge in [-0.2, -0.15) is 9.40 Å². The second kappa shape index (κ2) is 6.43. The highest BCUT2D eigenvalue weighted by Gasteiger charge is 2.34. The van der Waals surface area contributed by atoms with Gasteiger partial charge in [0.15, 0.2) is 0 Å². The third-order valence-electron chi connectivity index (χ3n) is 4.27. The number of nitrogens with zero attached hydrogens (tertiary/aromatic N) is 3. The average Bonchev–Trinajstić information content (AvgIpc) is 2.88. The molecule has 8 heteroatoms. The Morgan fingerprint density at radius 1 is 1.43 bits per heavy atom. The molecule has 1 fully saturated rings. The lowest BCUT2D eigenvalue weighted by Crippen LogP contribution is -2.45. The minimum absolute atomic E-state index is 0.00126. The lowest BCUT2D eigenvalue weighted by atomic mass is 10.1. The minimum atomic E-state index is -3.63. The molecule has 0 atom stereocenters. The van der Waals surface area contributed by atoms with Gasteiger partial charge in [0, 0.05) is 13.1 Å². The summed E-state index contributed by atoms with van der Waals surface area (Å²) < 4.78 is 27.0. The van der Waals surface area contributed by atoms with Gasteiger partial charge in [-0.3, -0.25) is 5.10 Å². The van der Waals surface area contributed by atoms with Gasteiger partial charge in [0.2, 0.25) is 10.0 Å². The Morgan fingerprint density at radius 2 is 2.05 bits per heavy atom. The third-order valence-corrected chi connectivity index (χ3v) is 6.38. The fourth-order valence-corrected chi connectivity index (χ4v) is 4.59. The van der Waals surface area contributed by atoms with Crippen LogP contribution in [0.4, 0.5) is 0 Å². The van der Waals surface area contributed by atoms with Crippen molar-refractivity contribution in [3.8, 4) is 0 Å². The summed E-state index contributed by atoms with van der Waals surface area (Å²) in [7, 11) is -2.01. The first-order valence-electron chi connectivity index (χ1n) is 7.26. The number of aromatic amines is 1. The molecule has 1 aromatic rings. The average molecular weight is 316 g/mol. The van der Waals surface area contributed by atoms with Crippen molar-refractivity contribution in [2.24, 2.45) is 0 Å². The molecule has 2 N–H and O–H groups in total. The van der Waals surface area contributed by atoms with Gasteiger partial charge in [0.25, 0.3) is 0 Å². The van der Waals surface area contributed by atoms with Crippen LogP contribution in [0.15, 0.2) is 4.90 Å². The molecule has 21 heavy (non-hydrogen) atoms. The van der Waals surface area contributed by atoms with E-state index in [1.807, 2.05) is 0 Å². The molecule has 1 aliphatic heterocycles. The number of sulfonamides is 1. The highest BCUT2D eigenvalue weighted by Crippen LogP contribution is 2.26. The summed E-state index contributed by atoms with van der Waals surface area (Å²) in [4.78, 5) is 2.43. The van der Waals surface area contributed by atoms with Gasteiger partial charge in [-0.1, -0.05) is 6.92 Å². The highest BCUT2D eigenvalue weighted by molar-refractivity contribution is 7.89. The van der Waals surface area contributed by atoms with Crippen molar-refractivity contribution in [3.63, 3.8) is 0 Å². The van der Waals surface area contributed by atoms with E-state index < -0.39 is 10.0 Å². The molecule has 120 valence electrons. The number of hydrogen-bond acceptors (Lipinski definition) is 5. The molecule has 0 unspecified atom stereocenters. The van der Waals surface area contributed by atoms with E-state index in [1.165, 1.54) is 4.31 Å². The molecule has 1 aliphatic rings. The summed E-state index contributed by atoms with van der Waals surface area (Å²) >= 11 is 0. The standard InChI is InChI=1S/C13H24N4O3S/c1-4-17-7-5-11(6-8-17)16(3)21(19,20)13-10(2)14-15-12(13)9-18/h11,18H,4-9H2,1-3H3,(H,14,15). The first kappa shape index (κ1) is 16.4. The van der Waals surface area contributed by atoms with Crippen LogP contribution in [-0.2, 0) is 16.6 Å². The molecule has 2 heterocycles. The van der Waals surface area contributed by atoms with Crippen LogP contribution >= 0.6 is 0 Å². The number of piperidine rings is 1. The van der Waals surface area contributed by atoms with Crippen LogP contribution in [0.1, 0.15) is 31.2 Å². The molecule has 0 aliphatic carbocycles. The van der Waals surface area contributed by atoms with Crippen LogP contribution in [0.3, 0.4) is 0 Å². The van der Waals surface area contributed by atoms with Gasteiger partial charge in [0.05, 0.1) is 12.3 Å². The van der Waals surface area contributed by atoms with Gasteiger partial charge in [0.1, 0.15) is 10.6 Å². The number of likely N-dealkylation sites (tertiary alicyclic amines) is 1. The number of hydrogen-bond donors (Lipinski definition) is 2. The zero-order chi connectivity index (χ0) is 15.6. The number of aromatic nitrogens is 2. The number of aliphatic hydroxyl groups is 1. The van der Waals surface area contributed by atoms with Crippen LogP contribution in [0.2, 0.25) is 0 Å². The molecule has 0 radical (unpaired) electrons. The third kappa shape index (κ3) is 3.13. The Kier molecular flexibility index (Phi) is 5.03. The van der Waals surface area contributed by atoms with Crippen molar-refractivity contribution < 1.29 is 13.5 Å². The Bertz CT molecular complexity index is 576. The fourth-order valence-electron chi connectivity index (χ4n) is 2.86. The number of H-pyrrole nitrogens is 1. The summed E-state index contributed by atoms with van der Waals surface area (Å²) in [6.07, 6.45) is 1.66. The van der Waals surface area contributed by atoms with Crippen LogP contribution in [0.5, 0.6) is 0 Å². The second-order valence-corrected chi connectivity index (χ2v) is 7.40. The maximum Gasteiger partial charge on any atom is 0.246 e. The molecule has 0 saturated carbocycles. The first-order chi connectivity index (χ1) is 9.91. The van der Waals surface area contributed by atoms with Crippen molar-refractivity contribution in [1.82, 2.24) is 19.4 Å². The Balaban J connectivity index is 2.21. The Labute approximate surface area is 126 Å². The lowest BCUT2D eigenvalue weighted by molar-refractivity contribution is 0.176. The van der Waals surface area contributed by atoms with Gasteiger partial charge in [-0.05, 0) is 39.4 Å². The lowest BCUT2D eigenvalue weighted by Gasteiger charge is -2.35. The van der Waals surface area contributed by atoms with E-state index in [-0.39, 0.29) is 23.2 Å². The number of aryl methyl sites for hydroxylation is 1. The van der Waals surface area contributed by atoms with Crippen LogP contribution in [-0.4, -0.2) is 65.7 Å². The summed E-state index contributed by atoms with van der Waals surface area (Å²) in [5, 5.41) is 15.8. The van der Waals surface area contributed by atoms with E-state index >= 15 is 0 Å².